The highest BCUT2D eigenvalue weighted by molar-refractivity contribution is 6.19. The van der Waals surface area contributed by atoms with E-state index in [2.05, 4.69) is 10.1 Å². The van der Waals surface area contributed by atoms with Crippen molar-refractivity contribution in [2.24, 2.45) is 0 Å². The van der Waals surface area contributed by atoms with Crippen LogP contribution < -0.4 is 5.32 Å². The molecule has 1 rings (SSSR count). The molecule has 0 fully saturated rings. The van der Waals surface area contributed by atoms with E-state index in [1.54, 1.807) is 19.1 Å². The molecule has 0 saturated heterocycles. The first-order valence-corrected chi connectivity index (χ1v) is 7.01. The number of alkyl halides is 1. The molecular weight excluding hydrogens is 298 g/mol. The summed E-state index contributed by atoms with van der Waals surface area (Å²) in [5.74, 6) is -0.872. The SMILES string of the molecule is CCOC(=O)C(O)C(O)c1ccc(NC(=O)CCCl)cc1. The molecule has 0 bridgehead atoms. The topological polar surface area (TPSA) is 95.9 Å². The summed E-state index contributed by atoms with van der Waals surface area (Å²) in [6, 6.07) is 6.12. The number of halogens is 1. The zero-order chi connectivity index (χ0) is 15.8. The second-order valence-corrected chi connectivity index (χ2v) is 4.63. The van der Waals surface area contributed by atoms with Gasteiger partial charge in [-0.25, -0.2) is 4.79 Å². The molecule has 0 aliphatic rings. The molecule has 0 aliphatic carbocycles. The number of carbonyl (C=O) groups excluding carboxylic acids is 2. The van der Waals surface area contributed by atoms with Crippen molar-refractivity contribution >= 4 is 29.2 Å². The van der Waals surface area contributed by atoms with Crippen LogP contribution in [0.5, 0.6) is 0 Å². The number of ether oxygens (including phenoxy) is 1. The number of nitrogens with one attached hydrogen (secondary N) is 1. The fourth-order valence-corrected chi connectivity index (χ4v) is 1.78. The molecule has 1 aromatic rings. The van der Waals surface area contributed by atoms with Crippen molar-refractivity contribution in [3.05, 3.63) is 29.8 Å². The summed E-state index contributed by atoms with van der Waals surface area (Å²) >= 11 is 5.45. The Balaban J connectivity index is 2.68. The van der Waals surface area contributed by atoms with Crippen LogP contribution in [0.15, 0.2) is 24.3 Å². The molecule has 116 valence electrons. The van der Waals surface area contributed by atoms with Crippen LogP contribution in [0.2, 0.25) is 0 Å². The summed E-state index contributed by atoms with van der Waals surface area (Å²) in [6.07, 6.45) is -2.84. The first-order valence-electron chi connectivity index (χ1n) is 6.48. The molecule has 2 atom stereocenters. The monoisotopic (exact) mass is 315 g/mol. The molecule has 21 heavy (non-hydrogen) atoms. The van der Waals surface area contributed by atoms with Gasteiger partial charge in [-0.05, 0) is 24.6 Å². The Kier molecular flexibility index (Phi) is 7.14. The minimum Gasteiger partial charge on any atom is -0.464 e. The van der Waals surface area contributed by atoms with Gasteiger partial charge in [-0.15, -0.1) is 11.6 Å². The number of carbonyl (C=O) groups is 2. The van der Waals surface area contributed by atoms with Crippen molar-refractivity contribution < 1.29 is 24.5 Å². The molecule has 6 nitrogen and oxygen atoms in total. The summed E-state index contributed by atoms with van der Waals surface area (Å²) in [5, 5.41) is 22.2. The third-order valence-electron chi connectivity index (χ3n) is 2.68. The van der Waals surface area contributed by atoms with Crippen molar-refractivity contribution in [1.29, 1.82) is 0 Å². The van der Waals surface area contributed by atoms with Crippen LogP contribution >= 0.6 is 11.6 Å². The van der Waals surface area contributed by atoms with E-state index in [1.807, 2.05) is 0 Å². The van der Waals surface area contributed by atoms with Gasteiger partial charge >= 0.3 is 5.97 Å². The van der Waals surface area contributed by atoms with Gasteiger partial charge in [-0.2, -0.15) is 0 Å². The zero-order valence-electron chi connectivity index (χ0n) is 11.6. The van der Waals surface area contributed by atoms with E-state index in [1.165, 1.54) is 12.1 Å². The lowest BCUT2D eigenvalue weighted by molar-refractivity contribution is -0.159. The molecule has 0 radical (unpaired) electrons. The number of anilines is 1. The van der Waals surface area contributed by atoms with Gasteiger partial charge in [0, 0.05) is 18.0 Å². The van der Waals surface area contributed by atoms with Crippen molar-refractivity contribution in [2.75, 3.05) is 17.8 Å². The molecule has 1 amide bonds. The predicted octanol–water partition coefficient (Wildman–Crippen LogP) is 1.21. The number of esters is 1. The first kappa shape index (κ1) is 17.4. The van der Waals surface area contributed by atoms with Crippen LogP contribution in [0.3, 0.4) is 0 Å². The highest BCUT2D eigenvalue weighted by Crippen LogP contribution is 2.20. The third-order valence-corrected chi connectivity index (χ3v) is 2.87. The second-order valence-electron chi connectivity index (χ2n) is 4.25. The number of hydrogen-bond acceptors (Lipinski definition) is 5. The Morgan fingerprint density at radius 1 is 1.29 bits per heavy atom. The summed E-state index contributed by atoms with van der Waals surface area (Å²) in [5.41, 5.74) is 0.873. The number of hydrogen-bond donors (Lipinski definition) is 3. The normalized spacial score (nSPS) is 13.3. The smallest absolute Gasteiger partial charge is 0.338 e. The van der Waals surface area contributed by atoms with Gasteiger partial charge in [0.1, 0.15) is 6.10 Å². The average molecular weight is 316 g/mol. The van der Waals surface area contributed by atoms with E-state index in [0.29, 0.717) is 11.3 Å². The minimum atomic E-state index is -1.65. The Hall–Kier alpha value is -1.63. The lowest BCUT2D eigenvalue weighted by Gasteiger charge is -2.17. The van der Waals surface area contributed by atoms with Crippen molar-refractivity contribution in [3.8, 4) is 0 Å². The van der Waals surface area contributed by atoms with E-state index in [0.717, 1.165) is 0 Å². The van der Waals surface area contributed by atoms with Gasteiger partial charge in [0.2, 0.25) is 5.91 Å². The van der Waals surface area contributed by atoms with Gasteiger partial charge in [0.25, 0.3) is 0 Å². The van der Waals surface area contributed by atoms with E-state index >= 15 is 0 Å². The molecule has 0 saturated carbocycles. The van der Waals surface area contributed by atoms with Gasteiger partial charge in [-0.1, -0.05) is 12.1 Å². The lowest BCUT2D eigenvalue weighted by atomic mass is 10.0. The average Bonchev–Trinajstić information content (AvgIpc) is 2.47. The van der Waals surface area contributed by atoms with Crippen LogP contribution in [-0.2, 0) is 14.3 Å². The molecule has 0 heterocycles. The van der Waals surface area contributed by atoms with E-state index in [4.69, 9.17) is 11.6 Å². The van der Waals surface area contributed by atoms with Gasteiger partial charge in [0.15, 0.2) is 6.10 Å². The maximum atomic E-state index is 11.4. The Morgan fingerprint density at radius 3 is 2.43 bits per heavy atom. The minimum absolute atomic E-state index is 0.119. The molecule has 0 aromatic heterocycles. The van der Waals surface area contributed by atoms with E-state index in [-0.39, 0.29) is 24.8 Å². The summed E-state index contributed by atoms with van der Waals surface area (Å²) in [6.45, 7) is 1.73. The summed E-state index contributed by atoms with van der Waals surface area (Å²) in [7, 11) is 0. The first-order chi connectivity index (χ1) is 9.99. The van der Waals surface area contributed by atoms with Crippen LogP contribution in [-0.4, -0.2) is 40.7 Å². The Bertz CT molecular complexity index is 477. The molecule has 2 unspecified atom stereocenters. The molecule has 1 aromatic carbocycles. The Morgan fingerprint density at radius 2 is 1.90 bits per heavy atom. The number of amides is 1. The predicted molar refractivity (Wildman–Crippen MR) is 78.0 cm³/mol. The van der Waals surface area contributed by atoms with Crippen LogP contribution in [0.25, 0.3) is 0 Å². The van der Waals surface area contributed by atoms with Crippen LogP contribution in [0.1, 0.15) is 25.0 Å². The van der Waals surface area contributed by atoms with E-state index in [9.17, 15) is 19.8 Å². The maximum Gasteiger partial charge on any atom is 0.338 e. The third kappa shape index (κ3) is 5.34. The van der Waals surface area contributed by atoms with Gasteiger partial charge in [0.05, 0.1) is 6.61 Å². The fourth-order valence-electron chi connectivity index (χ4n) is 1.61. The Labute approximate surface area is 127 Å². The second kappa shape index (κ2) is 8.61. The molecule has 7 heteroatoms. The number of benzene rings is 1. The fraction of sp³-hybridized carbons (Fsp3) is 0.429. The highest BCUT2D eigenvalue weighted by atomic mass is 35.5. The van der Waals surface area contributed by atoms with Crippen molar-refractivity contribution in [2.45, 2.75) is 25.6 Å². The number of aliphatic hydroxyl groups excluding tert-OH is 2. The summed E-state index contributed by atoms with van der Waals surface area (Å²) in [4.78, 5) is 22.7. The summed E-state index contributed by atoms with van der Waals surface area (Å²) < 4.78 is 4.63. The number of aliphatic hydroxyl groups is 2. The maximum absolute atomic E-state index is 11.4. The van der Waals surface area contributed by atoms with Crippen molar-refractivity contribution in [1.82, 2.24) is 0 Å². The molecule has 3 N–H and O–H groups in total. The van der Waals surface area contributed by atoms with Gasteiger partial charge in [-0.3, -0.25) is 4.79 Å². The number of rotatable bonds is 7. The standard InChI is InChI=1S/C14H18ClNO5/c1-2-21-14(20)13(19)12(18)9-3-5-10(6-4-9)16-11(17)7-8-15/h3-6,12-13,18-19H,2,7-8H2,1H3,(H,16,17). The largest absolute Gasteiger partial charge is 0.464 e. The highest BCUT2D eigenvalue weighted by Gasteiger charge is 2.26. The van der Waals surface area contributed by atoms with Gasteiger partial charge < -0.3 is 20.3 Å². The molecule has 0 aliphatic heterocycles. The van der Waals surface area contributed by atoms with Crippen molar-refractivity contribution in [3.63, 3.8) is 0 Å². The van der Waals surface area contributed by atoms with Crippen LogP contribution in [0, 0.1) is 0 Å². The lowest BCUT2D eigenvalue weighted by Crippen LogP contribution is -2.29. The van der Waals surface area contributed by atoms with Crippen LogP contribution in [0.4, 0.5) is 5.69 Å². The quantitative estimate of drug-likeness (QED) is 0.519. The molecular formula is C14H18ClNO5. The zero-order valence-corrected chi connectivity index (χ0v) is 12.3. The molecule has 0 spiro atoms. The van der Waals surface area contributed by atoms with E-state index < -0.39 is 18.2 Å².